The molecule has 25 heavy (non-hydrogen) atoms. The molecule has 2 heterocycles. The lowest BCUT2D eigenvalue weighted by atomic mass is 10.2. The summed E-state index contributed by atoms with van der Waals surface area (Å²) in [7, 11) is 1.82. The van der Waals surface area contributed by atoms with Gasteiger partial charge in [-0.3, -0.25) is 9.69 Å². The van der Waals surface area contributed by atoms with Crippen LogP contribution in [0.25, 0.3) is 11.4 Å². The zero-order valence-corrected chi connectivity index (χ0v) is 14.8. The molecule has 0 unspecified atom stereocenters. The van der Waals surface area contributed by atoms with Crippen molar-refractivity contribution in [3.8, 4) is 11.4 Å². The van der Waals surface area contributed by atoms with Crippen LogP contribution >= 0.6 is 0 Å². The number of hydrogen-bond acceptors (Lipinski definition) is 5. The molecule has 0 aliphatic carbocycles. The molecule has 0 radical (unpaired) electrons. The zero-order chi connectivity index (χ0) is 17.6. The summed E-state index contributed by atoms with van der Waals surface area (Å²) in [6.45, 7) is 6.16. The Bertz CT molecular complexity index is 684. The lowest BCUT2D eigenvalue weighted by molar-refractivity contribution is 0.0142. The summed E-state index contributed by atoms with van der Waals surface area (Å²) in [5.41, 5.74) is 1.45. The molecule has 1 aromatic heterocycles. The number of aromatic nitrogens is 2. The maximum Gasteiger partial charge on any atom is 0.256 e. The highest BCUT2D eigenvalue weighted by molar-refractivity contribution is 5.93. The van der Waals surface area contributed by atoms with Crippen LogP contribution in [0, 0.1) is 0 Å². The van der Waals surface area contributed by atoms with Gasteiger partial charge in [-0.15, -0.1) is 0 Å². The maximum absolute atomic E-state index is 12.6. The molecular formula is C19H24N4O2. The fourth-order valence-corrected chi connectivity index (χ4v) is 3.01. The molecule has 6 heteroatoms. The van der Waals surface area contributed by atoms with E-state index in [0.717, 1.165) is 31.9 Å². The van der Waals surface area contributed by atoms with Gasteiger partial charge in [0.15, 0.2) is 5.82 Å². The van der Waals surface area contributed by atoms with E-state index in [1.165, 1.54) is 0 Å². The Kier molecular flexibility index (Phi) is 5.73. The SMILES string of the molecule is C[C@H](CN(C)C(=O)c1cnc(-c2ccccc2)nc1)N1CCOCC1. The van der Waals surface area contributed by atoms with Crippen molar-refractivity contribution in [2.45, 2.75) is 13.0 Å². The van der Waals surface area contributed by atoms with E-state index in [0.29, 0.717) is 24.0 Å². The summed E-state index contributed by atoms with van der Waals surface area (Å²) in [5.74, 6) is 0.571. The summed E-state index contributed by atoms with van der Waals surface area (Å²) in [6.07, 6.45) is 3.21. The minimum Gasteiger partial charge on any atom is -0.379 e. The molecular weight excluding hydrogens is 316 g/mol. The second kappa shape index (κ2) is 8.18. The minimum absolute atomic E-state index is 0.0558. The Morgan fingerprint density at radius 2 is 1.84 bits per heavy atom. The fourth-order valence-electron chi connectivity index (χ4n) is 3.01. The first-order valence-electron chi connectivity index (χ1n) is 8.60. The number of ether oxygens (including phenoxy) is 1. The molecule has 1 aromatic carbocycles. The van der Waals surface area contributed by atoms with Gasteiger partial charge in [0.25, 0.3) is 5.91 Å². The van der Waals surface area contributed by atoms with E-state index < -0.39 is 0 Å². The Labute approximate surface area is 148 Å². The van der Waals surface area contributed by atoms with Gasteiger partial charge in [-0.25, -0.2) is 9.97 Å². The van der Waals surface area contributed by atoms with Crippen LogP contribution in [0.2, 0.25) is 0 Å². The smallest absolute Gasteiger partial charge is 0.256 e. The third-order valence-corrected chi connectivity index (χ3v) is 4.48. The summed E-state index contributed by atoms with van der Waals surface area (Å²) < 4.78 is 5.38. The minimum atomic E-state index is -0.0558. The largest absolute Gasteiger partial charge is 0.379 e. The third kappa shape index (κ3) is 4.41. The van der Waals surface area contributed by atoms with Crippen molar-refractivity contribution in [1.29, 1.82) is 0 Å². The predicted molar refractivity (Wildman–Crippen MR) is 96.3 cm³/mol. The normalized spacial score (nSPS) is 16.4. The molecule has 2 aromatic rings. The first kappa shape index (κ1) is 17.5. The Hall–Kier alpha value is -2.31. The van der Waals surface area contributed by atoms with Crippen molar-refractivity contribution >= 4 is 5.91 Å². The molecule has 1 aliphatic rings. The van der Waals surface area contributed by atoms with Crippen LogP contribution in [0.3, 0.4) is 0 Å². The van der Waals surface area contributed by atoms with E-state index in [2.05, 4.69) is 21.8 Å². The van der Waals surface area contributed by atoms with Crippen molar-refractivity contribution < 1.29 is 9.53 Å². The average molecular weight is 340 g/mol. The van der Waals surface area contributed by atoms with Crippen LogP contribution in [0.15, 0.2) is 42.7 Å². The molecule has 1 fully saturated rings. The van der Waals surface area contributed by atoms with Gasteiger partial charge in [0, 0.05) is 50.7 Å². The molecule has 1 saturated heterocycles. The molecule has 6 nitrogen and oxygen atoms in total. The second-order valence-corrected chi connectivity index (χ2v) is 6.34. The van der Waals surface area contributed by atoms with Crippen LogP contribution in [-0.4, -0.2) is 71.6 Å². The molecule has 1 aliphatic heterocycles. The van der Waals surface area contributed by atoms with Gasteiger partial charge in [-0.2, -0.15) is 0 Å². The number of morpholine rings is 1. The van der Waals surface area contributed by atoms with Crippen LogP contribution in [0.4, 0.5) is 0 Å². The van der Waals surface area contributed by atoms with Crippen LogP contribution in [-0.2, 0) is 4.74 Å². The second-order valence-electron chi connectivity index (χ2n) is 6.34. The van der Waals surface area contributed by atoms with Gasteiger partial charge in [0.05, 0.1) is 18.8 Å². The molecule has 3 rings (SSSR count). The van der Waals surface area contributed by atoms with Gasteiger partial charge in [0.1, 0.15) is 0 Å². The first-order chi connectivity index (χ1) is 12.1. The number of nitrogens with zero attached hydrogens (tertiary/aromatic N) is 4. The van der Waals surface area contributed by atoms with Crippen molar-refractivity contribution in [2.75, 3.05) is 39.9 Å². The van der Waals surface area contributed by atoms with Crippen LogP contribution < -0.4 is 0 Å². The molecule has 0 spiro atoms. The summed E-state index contributed by atoms with van der Waals surface area (Å²) in [6, 6.07) is 10.0. The molecule has 1 atom stereocenters. The number of carbonyl (C=O) groups is 1. The first-order valence-corrected chi connectivity index (χ1v) is 8.60. The van der Waals surface area contributed by atoms with E-state index in [1.807, 2.05) is 37.4 Å². The topological polar surface area (TPSA) is 58.6 Å². The standard InChI is InChI=1S/C19H24N4O2/c1-15(23-8-10-25-11-9-23)14-22(2)19(24)17-12-20-18(21-13-17)16-6-4-3-5-7-16/h3-7,12-13,15H,8-11,14H2,1-2H3/t15-/m1/s1. The Morgan fingerprint density at radius 1 is 1.20 bits per heavy atom. The lowest BCUT2D eigenvalue weighted by Gasteiger charge is -2.34. The molecule has 132 valence electrons. The predicted octanol–water partition coefficient (Wildman–Crippen LogP) is 1.94. The maximum atomic E-state index is 12.6. The molecule has 0 bridgehead atoms. The quantitative estimate of drug-likeness (QED) is 0.832. The van der Waals surface area contributed by atoms with E-state index in [4.69, 9.17) is 4.74 Å². The summed E-state index contributed by atoms with van der Waals surface area (Å²) >= 11 is 0. The van der Waals surface area contributed by atoms with Gasteiger partial charge in [0.2, 0.25) is 0 Å². The van der Waals surface area contributed by atoms with Crippen molar-refractivity contribution in [1.82, 2.24) is 19.8 Å². The number of amides is 1. The van der Waals surface area contributed by atoms with E-state index >= 15 is 0 Å². The van der Waals surface area contributed by atoms with Gasteiger partial charge in [-0.05, 0) is 6.92 Å². The molecule has 0 N–H and O–H groups in total. The van der Waals surface area contributed by atoms with Crippen LogP contribution in [0.1, 0.15) is 17.3 Å². The number of likely N-dealkylation sites (N-methyl/N-ethyl adjacent to an activating group) is 1. The average Bonchev–Trinajstić information content (AvgIpc) is 2.69. The number of rotatable bonds is 5. The van der Waals surface area contributed by atoms with E-state index in [1.54, 1.807) is 17.3 Å². The Balaban J connectivity index is 1.61. The number of benzene rings is 1. The highest BCUT2D eigenvalue weighted by atomic mass is 16.5. The zero-order valence-electron chi connectivity index (χ0n) is 14.8. The van der Waals surface area contributed by atoms with E-state index in [9.17, 15) is 4.79 Å². The highest BCUT2D eigenvalue weighted by Crippen LogP contribution is 2.14. The summed E-state index contributed by atoms with van der Waals surface area (Å²) in [5, 5.41) is 0. The third-order valence-electron chi connectivity index (χ3n) is 4.48. The fraction of sp³-hybridized carbons (Fsp3) is 0.421. The van der Waals surface area contributed by atoms with Crippen molar-refractivity contribution in [3.05, 3.63) is 48.3 Å². The van der Waals surface area contributed by atoms with Gasteiger partial charge in [-0.1, -0.05) is 30.3 Å². The monoisotopic (exact) mass is 340 g/mol. The van der Waals surface area contributed by atoms with Crippen molar-refractivity contribution in [3.63, 3.8) is 0 Å². The van der Waals surface area contributed by atoms with Gasteiger partial charge >= 0.3 is 0 Å². The number of hydrogen-bond donors (Lipinski definition) is 0. The highest BCUT2D eigenvalue weighted by Gasteiger charge is 2.21. The van der Waals surface area contributed by atoms with Crippen molar-refractivity contribution in [2.24, 2.45) is 0 Å². The molecule has 0 saturated carbocycles. The Morgan fingerprint density at radius 3 is 2.48 bits per heavy atom. The van der Waals surface area contributed by atoms with Crippen LogP contribution in [0.5, 0.6) is 0 Å². The van der Waals surface area contributed by atoms with Gasteiger partial charge < -0.3 is 9.64 Å². The number of carbonyl (C=O) groups excluding carboxylic acids is 1. The summed E-state index contributed by atoms with van der Waals surface area (Å²) in [4.78, 5) is 25.4. The molecule has 1 amide bonds. The van der Waals surface area contributed by atoms with E-state index in [-0.39, 0.29) is 5.91 Å². The lowest BCUT2D eigenvalue weighted by Crippen LogP contribution is -2.47.